The Labute approximate surface area is 161 Å². The second kappa shape index (κ2) is 7.36. The molecule has 0 radical (unpaired) electrons. The van der Waals surface area contributed by atoms with Crippen molar-refractivity contribution in [1.82, 2.24) is 9.78 Å². The summed E-state index contributed by atoms with van der Waals surface area (Å²) < 4.78 is 1.47. The van der Waals surface area contributed by atoms with E-state index in [0.717, 1.165) is 10.8 Å². The van der Waals surface area contributed by atoms with E-state index < -0.39 is 0 Å². The van der Waals surface area contributed by atoms with Crippen molar-refractivity contribution in [3.63, 3.8) is 0 Å². The van der Waals surface area contributed by atoms with Gasteiger partial charge >= 0.3 is 0 Å². The summed E-state index contributed by atoms with van der Waals surface area (Å²) in [4.78, 5) is 25.0. The number of benzene rings is 3. The molecule has 2 N–H and O–H groups in total. The highest BCUT2D eigenvalue weighted by atomic mass is 16.2. The van der Waals surface area contributed by atoms with Crippen molar-refractivity contribution in [2.24, 2.45) is 7.05 Å². The summed E-state index contributed by atoms with van der Waals surface area (Å²) in [5.74, 6) is -0.159. The number of amides is 2. The summed E-state index contributed by atoms with van der Waals surface area (Å²) in [7, 11) is 1.68. The number of carbonyl (C=O) groups excluding carboxylic acids is 2. The van der Waals surface area contributed by atoms with Crippen LogP contribution in [0, 0.1) is 0 Å². The van der Waals surface area contributed by atoms with Crippen LogP contribution >= 0.6 is 0 Å². The van der Waals surface area contributed by atoms with Crippen LogP contribution in [0.15, 0.2) is 78.9 Å². The highest BCUT2D eigenvalue weighted by Crippen LogP contribution is 2.23. The maximum Gasteiger partial charge on any atom is 0.276 e. The molecule has 2 amide bonds. The maximum absolute atomic E-state index is 12.7. The lowest BCUT2D eigenvalue weighted by molar-refractivity contribution is 0.101. The number of fused-ring (bicyclic) bond motifs is 1. The first-order valence-electron chi connectivity index (χ1n) is 8.81. The van der Waals surface area contributed by atoms with Crippen LogP contribution in [0.1, 0.15) is 20.8 Å². The largest absolute Gasteiger partial charge is 0.320 e. The van der Waals surface area contributed by atoms with Crippen LogP contribution < -0.4 is 10.6 Å². The van der Waals surface area contributed by atoms with E-state index in [2.05, 4.69) is 15.7 Å². The lowest BCUT2D eigenvalue weighted by Crippen LogP contribution is -2.14. The van der Waals surface area contributed by atoms with E-state index in [4.69, 9.17) is 0 Å². The predicted octanol–water partition coefficient (Wildman–Crippen LogP) is 4.08. The van der Waals surface area contributed by atoms with E-state index in [1.165, 1.54) is 4.68 Å². The van der Waals surface area contributed by atoms with Gasteiger partial charge in [-0.05, 0) is 23.6 Å². The smallest absolute Gasteiger partial charge is 0.276 e. The van der Waals surface area contributed by atoms with Crippen molar-refractivity contribution in [3.05, 3.63) is 90.1 Å². The van der Waals surface area contributed by atoms with E-state index in [-0.39, 0.29) is 17.5 Å². The molecule has 4 aromatic rings. The highest BCUT2D eigenvalue weighted by Gasteiger charge is 2.16. The Kier molecular flexibility index (Phi) is 4.60. The van der Waals surface area contributed by atoms with Gasteiger partial charge in [0.25, 0.3) is 11.8 Å². The molecule has 0 aliphatic heterocycles. The van der Waals surface area contributed by atoms with Crippen LogP contribution in [0.5, 0.6) is 0 Å². The van der Waals surface area contributed by atoms with Crippen LogP contribution in [0.3, 0.4) is 0 Å². The van der Waals surface area contributed by atoms with Crippen molar-refractivity contribution < 1.29 is 9.59 Å². The molecule has 0 unspecified atom stereocenters. The topological polar surface area (TPSA) is 76.0 Å². The van der Waals surface area contributed by atoms with E-state index in [1.54, 1.807) is 37.4 Å². The number of carbonyl (C=O) groups is 2. The third kappa shape index (κ3) is 3.48. The number of hydrogen-bond donors (Lipinski definition) is 2. The van der Waals surface area contributed by atoms with E-state index in [0.29, 0.717) is 17.1 Å². The molecule has 4 rings (SSSR count). The number of nitrogens with one attached hydrogen (secondary N) is 2. The molecule has 0 aliphatic rings. The Hall–Kier alpha value is -3.93. The fraction of sp³-hybridized carbons (Fsp3) is 0.0455. The van der Waals surface area contributed by atoms with Gasteiger partial charge in [-0.3, -0.25) is 14.3 Å². The Morgan fingerprint density at radius 1 is 0.821 bits per heavy atom. The van der Waals surface area contributed by atoms with Gasteiger partial charge in [0, 0.05) is 29.8 Å². The summed E-state index contributed by atoms with van der Waals surface area (Å²) in [5.41, 5.74) is 1.47. The third-order valence-corrected chi connectivity index (χ3v) is 4.43. The van der Waals surface area contributed by atoms with Crippen LogP contribution in [0.25, 0.3) is 10.8 Å². The monoisotopic (exact) mass is 370 g/mol. The minimum Gasteiger partial charge on any atom is -0.320 e. The predicted molar refractivity (Wildman–Crippen MR) is 110 cm³/mol. The van der Waals surface area contributed by atoms with Gasteiger partial charge in [0.1, 0.15) is 5.82 Å². The molecule has 0 bridgehead atoms. The van der Waals surface area contributed by atoms with Crippen LogP contribution in [-0.4, -0.2) is 21.6 Å². The molecule has 0 spiro atoms. The van der Waals surface area contributed by atoms with Crippen molar-refractivity contribution in [2.75, 3.05) is 10.6 Å². The summed E-state index contributed by atoms with van der Waals surface area (Å²) in [6, 6.07) is 24.0. The van der Waals surface area contributed by atoms with Gasteiger partial charge in [-0.25, -0.2) is 0 Å². The Morgan fingerprint density at radius 3 is 2.36 bits per heavy atom. The third-order valence-electron chi connectivity index (χ3n) is 4.43. The number of hydrogen-bond acceptors (Lipinski definition) is 3. The minimum absolute atomic E-state index is 0.221. The number of rotatable bonds is 4. The molecule has 6 heteroatoms. The van der Waals surface area contributed by atoms with Gasteiger partial charge in [-0.1, -0.05) is 54.6 Å². The summed E-state index contributed by atoms with van der Waals surface area (Å²) in [6.45, 7) is 0. The van der Waals surface area contributed by atoms with Gasteiger partial charge in [0.05, 0.1) is 0 Å². The first kappa shape index (κ1) is 17.5. The van der Waals surface area contributed by atoms with E-state index >= 15 is 0 Å². The molecular weight excluding hydrogens is 352 g/mol. The van der Waals surface area contributed by atoms with Gasteiger partial charge in [-0.2, -0.15) is 5.10 Å². The molecule has 28 heavy (non-hydrogen) atoms. The Morgan fingerprint density at radius 2 is 1.54 bits per heavy atom. The molecule has 1 aromatic heterocycles. The molecule has 0 atom stereocenters. The number of anilines is 2. The number of nitrogens with zero attached hydrogens (tertiary/aromatic N) is 2. The summed E-state index contributed by atoms with van der Waals surface area (Å²) in [5, 5.41) is 11.9. The van der Waals surface area contributed by atoms with E-state index in [1.807, 2.05) is 48.5 Å². The molecule has 0 fully saturated rings. The molecule has 1 heterocycles. The zero-order valence-corrected chi connectivity index (χ0v) is 15.2. The average Bonchev–Trinajstić information content (AvgIpc) is 3.09. The van der Waals surface area contributed by atoms with Gasteiger partial charge in [0.15, 0.2) is 5.69 Å². The second-order valence-electron chi connectivity index (χ2n) is 6.34. The molecule has 0 saturated heterocycles. The zero-order chi connectivity index (χ0) is 19.5. The lowest BCUT2D eigenvalue weighted by atomic mass is 10.1. The number of aromatic nitrogens is 2. The first-order valence-corrected chi connectivity index (χ1v) is 8.81. The molecule has 0 saturated carbocycles. The first-order chi connectivity index (χ1) is 13.6. The standard InChI is InChI=1S/C22H18N4O2/c1-26-20(24-21(27)16-9-3-2-4-10-16)14-19(25-26)22(28)23-18-13-7-11-15-8-5-6-12-17(15)18/h2-14H,1H3,(H,23,28)(H,24,27). The van der Waals surface area contributed by atoms with Crippen LogP contribution in [0.2, 0.25) is 0 Å². The van der Waals surface area contributed by atoms with E-state index in [9.17, 15) is 9.59 Å². The zero-order valence-electron chi connectivity index (χ0n) is 15.2. The lowest BCUT2D eigenvalue weighted by Gasteiger charge is -2.07. The van der Waals surface area contributed by atoms with Gasteiger partial charge < -0.3 is 10.6 Å². The molecule has 138 valence electrons. The van der Waals surface area contributed by atoms with Crippen LogP contribution in [0.4, 0.5) is 11.5 Å². The van der Waals surface area contributed by atoms with Gasteiger partial charge in [0.2, 0.25) is 0 Å². The Bertz CT molecular complexity index is 1160. The average molecular weight is 370 g/mol. The quantitative estimate of drug-likeness (QED) is 0.568. The molecular formula is C22H18N4O2. The number of aryl methyl sites for hydroxylation is 1. The van der Waals surface area contributed by atoms with Crippen molar-refractivity contribution in [2.45, 2.75) is 0 Å². The summed E-state index contributed by atoms with van der Waals surface area (Å²) in [6.07, 6.45) is 0. The van der Waals surface area contributed by atoms with Gasteiger partial charge in [-0.15, -0.1) is 0 Å². The fourth-order valence-corrected chi connectivity index (χ4v) is 2.99. The molecule has 6 nitrogen and oxygen atoms in total. The minimum atomic E-state index is -0.341. The van der Waals surface area contributed by atoms with Crippen molar-refractivity contribution in [1.29, 1.82) is 0 Å². The Balaban J connectivity index is 1.54. The molecule has 0 aliphatic carbocycles. The summed E-state index contributed by atoms with van der Waals surface area (Å²) >= 11 is 0. The normalized spacial score (nSPS) is 10.6. The SMILES string of the molecule is Cn1nc(C(=O)Nc2cccc3ccccc23)cc1NC(=O)c1ccccc1. The van der Waals surface area contributed by atoms with Crippen LogP contribution in [-0.2, 0) is 7.05 Å². The highest BCUT2D eigenvalue weighted by molar-refractivity contribution is 6.09. The van der Waals surface area contributed by atoms with Crippen molar-refractivity contribution >= 4 is 34.1 Å². The fourth-order valence-electron chi connectivity index (χ4n) is 2.99. The second-order valence-corrected chi connectivity index (χ2v) is 6.34. The molecule has 3 aromatic carbocycles. The van der Waals surface area contributed by atoms with Crippen molar-refractivity contribution in [3.8, 4) is 0 Å². The maximum atomic E-state index is 12.7.